The number of nitrogens with one attached hydrogen (secondary N) is 1. The van der Waals surface area contributed by atoms with Crippen LogP contribution in [0.2, 0.25) is 0 Å². The molecule has 0 fully saturated rings. The van der Waals surface area contributed by atoms with Crippen LogP contribution in [-0.4, -0.2) is 37.3 Å². The second-order valence-corrected chi connectivity index (χ2v) is 6.56. The van der Waals surface area contributed by atoms with Gasteiger partial charge in [-0.25, -0.2) is 14.4 Å². The van der Waals surface area contributed by atoms with Crippen molar-refractivity contribution in [3.63, 3.8) is 0 Å². The molecule has 0 aromatic heterocycles. The second kappa shape index (κ2) is 13.6. The molecule has 31 heavy (non-hydrogen) atoms. The predicted octanol–water partition coefficient (Wildman–Crippen LogP) is 3.58. The highest BCUT2D eigenvalue weighted by Gasteiger charge is 2.23. The number of esters is 2. The van der Waals surface area contributed by atoms with E-state index in [9.17, 15) is 14.4 Å². The minimum atomic E-state index is -0.903. The number of rotatable bonds is 11. The summed E-state index contributed by atoms with van der Waals surface area (Å²) >= 11 is 0. The second-order valence-electron chi connectivity index (χ2n) is 6.56. The third-order valence-electron chi connectivity index (χ3n) is 4.14. The van der Waals surface area contributed by atoms with Crippen molar-refractivity contribution >= 4 is 18.0 Å². The number of hydrogen-bond acceptors (Lipinski definition) is 6. The van der Waals surface area contributed by atoms with Gasteiger partial charge in [0.25, 0.3) is 0 Å². The molecule has 2 aromatic carbocycles. The van der Waals surface area contributed by atoms with Crippen molar-refractivity contribution in [3.8, 4) is 0 Å². The topological polar surface area (TPSA) is 90.9 Å². The summed E-state index contributed by atoms with van der Waals surface area (Å²) < 4.78 is 15.3. The van der Waals surface area contributed by atoms with Crippen LogP contribution in [0, 0.1) is 0 Å². The Morgan fingerprint density at radius 1 is 0.903 bits per heavy atom. The molecule has 7 nitrogen and oxygen atoms in total. The van der Waals surface area contributed by atoms with Crippen LogP contribution in [0.3, 0.4) is 0 Å². The fraction of sp³-hybridized carbons (Fsp3) is 0.292. The minimum absolute atomic E-state index is 0.0702. The van der Waals surface area contributed by atoms with Crippen LogP contribution < -0.4 is 5.32 Å². The Bertz CT molecular complexity index is 851. The van der Waals surface area contributed by atoms with E-state index in [1.807, 2.05) is 60.7 Å². The van der Waals surface area contributed by atoms with Crippen LogP contribution in [0.5, 0.6) is 0 Å². The van der Waals surface area contributed by atoms with Gasteiger partial charge in [-0.2, -0.15) is 0 Å². The molecule has 0 radical (unpaired) electrons. The van der Waals surface area contributed by atoms with Gasteiger partial charge in [-0.3, -0.25) is 0 Å². The molecule has 0 aliphatic heterocycles. The molecule has 0 heterocycles. The molecule has 0 aliphatic rings. The van der Waals surface area contributed by atoms with E-state index >= 15 is 0 Å². The summed E-state index contributed by atoms with van der Waals surface area (Å²) in [6.45, 7) is 2.18. The molecule has 0 aliphatic carbocycles. The number of ether oxygens (including phenoxy) is 3. The predicted molar refractivity (Wildman–Crippen MR) is 115 cm³/mol. The van der Waals surface area contributed by atoms with Gasteiger partial charge in [-0.1, -0.05) is 66.7 Å². The lowest BCUT2D eigenvalue weighted by Crippen LogP contribution is -2.43. The standard InChI is InChI=1S/C24H27NO6/c1-2-29-22(26)15-9-10-16-30-23(27)21(17-19-11-5-3-6-12-19)25-24(28)31-18-20-13-7-4-8-14-20/h3-9,11-15,21H,2,10,16-18H2,1H3,(H,25,28)/b15-9+/t21-/m0/s1. The number of carbonyl (C=O) groups is 3. The van der Waals surface area contributed by atoms with Crippen LogP contribution in [0.1, 0.15) is 24.5 Å². The lowest BCUT2D eigenvalue weighted by molar-refractivity contribution is -0.145. The summed E-state index contributed by atoms with van der Waals surface area (Å²) in [5.41, 5.74) is 1.71. The zero-order valence-electron chi connectivity index (χ0n) is 17.5. The van der Waals surface area contributed by atoms with E-state index in [2.05, 4.69) is 5.32 Å². The first-order valence-corrected chi connectivity index (χ1v) is 10.1. The molecule has 7 heteroatoms. The van der Waals surface area contributed by atoms with Gasteiger partial charge in [0.15, 0.2) is 0 Å². The summed E-state index contributed by atoms with van der Waals surface area (Å²) in [5, 5.41) is 2.58. The normalized spacial score (nSPS) is 11.5. The van der Waals surface area contributed by atoms with Crippen LogP contribution in [0.25, 0.3) is 0 Å². The van der Waals surface area contributed by atoms with Crippen LogP contribution in [0.4, 0.5) is 4.79 Å². The van der Waals surface area contributed by atoms with Crippen molar-refractivity contribution in [2.45, 2.75) is 32.4 Å². The Balaban J connectivity index is 1.88. The van der Waals surface area contributed by atoms with Gasteiger partial charge in [0, 0.05) is 18.9 Å². The largest absolute Gasteiger partial charge is 0.464 e. The van der Waals surface area contributed by atoms with E-state index < -0.39 is 24.1 Å². The summed E-state index contributed by atoms with van der Waals surface area (Å²) in [4.78, 5) is 36.0. The van der Waals surface area contributed by atoms with Crippen molar-refractivity contribution < 1.29 is 28.6 Å². The highest BCUT2D eigenvalue weighted by atomic mass is 16.6. The number of amides is 1. The Kier molecular flexibility index (Phi) is 10.4. The van der Waals surface area contributed by atoms with E-state index in [0.717, 1.165) is 11.1 Å². The molecule has 0 saturated heterocycles. The van der Waals surface area contributed by atoms with E-state index in [-0.39, 0.29) is 19.6 Å². The van der Waals surface area contributed by atoms with Gasteiger partial charge < -0.3 is 19.5 Å². The van der Waals surface area contributed by atoms with Crippen LogP contribution in [0.15, 0.2) is 72.8 Å². The lowest BCUT2D eigenvalue weighted by Gasteiger charge is -2.17. The van der Waals surface area contributed by atoms with Crippen molar-refractivity contribution in [3.05, 3.63) is 83.9 Å². The zero-order chi connectivity index (χ0) is 22.3. The fourth-order valence-electron chi connectivity index (χ4n) is 2.65. The highest BCUT2D eigenvalue weighted by Crippen LogP contribution is 2.07. The summed E-state index contributed by atoms with van der Waals surface area (Å²) in [6.07, 6.45) is 2.76. The van der Waals surface area contributed by atoms with Gasteiger partial charge in [-0.15, -0.1) is 0 Å². The van der Waals surface area contributed by atoms with E-state index in [0.29, 0.717) is 13.0 Å². The molecule has 1 atom stereocenters. The van der Waals surface area contributed by atoms with E-state index in [4.69, 9.17) is 14.2 Å². The minimum Gasteiger partial charge on any atom is -0.464 e. The van der Waals surface area contributed by atoms with Crippen LogP contribution >= 0.6 is 0 Å². The Morgan fingerprint density at radius 3 is 2.19 bits per heavy atom. The molecule has 2 rings (SSSR count). The van der Waals surface area contributed by atoms with E-state index in [1.54, 1.807) is 13.0 Å². The molecule has 0 saturated carbocycles. The molecule has 0 bridgehead atoms. The SMILES string of the molecule is CCOC(=O)/C=C/CCOC(=O)[C@H](Cc1ccccc1)NC(=O)OCc1ccccc1. The molecule has 0 unspecified atom stereocenters. The monoisotopic (exact) mass is 425 g/mol. The first kappa shape index (κ1) is 23.7. The first-order valence-electron chi connectivity index (χ1n) is 10.1. The molecular formula is C24H27NO6. The van der Waals surface area contributed by atoms with Gasteiger partial charge in [0.2, 0.25) is 0 Å². The third kappa shape index (κ3) is 9.62. The number of alkyl carbamates (subject to hydrolysis) is 1. The average Bonchev–Trinajstić information content (AvgIpc) is 2.78. The molecule has 164 valence electrons. The Morgan fingerprint density at radius 2 is 1.55 bits per heavy atom. The number of carbonyl (C=O) groups excluding carboxylic acids is 3. The van der Waals surface area contributed by atoms with E-state index in [1.165, 1.54) is 6.08 Å². The maximum absolute atomic E-state index is 12.5. The summed E-state index contributed by atoms with van der Waals surface area (Å²) in [7, 11) is 0. The fourth-order valence-corrected chi connectivity index (χ4v) is 2.65. The third-order valence-corrected chi connectivity index (χ3v) is 4.14. The average molecular weight is 425 g/mol. The molecule has 1 amide bonds. The Hall–Kier alpha value is -3.61. The molecular weight excluding hydrogens is 398 g/mol. The molecule has 1 N–H and O–H groups in total. The maximum Gasteiger partial charge on any atom is 0.408 e. The number of benzene rings is 2. The number of hydrogen-bond donors (Lipinski definition) is 1. The van der Waals surface area contributed by atoms with Crippen molar-refractivity contribution in [1.82, 2.24) is 5.32 Å². The highest BCUT2D eigenvalue weighted by molar-refractivity contribution is 5.82. The van der Waals surface area contributed by atoms with Gasteiger partial charge in [0.1, 0.15) is 12.6 Å². The quantitative estimate of drug-likeness (QED) is 0.256. The molecule has 0 spiro atoms. The van der Waals surface area contributed by atoms with Crippen molar-refractivity contribution in [2.75, 3.05) is 13.2 Å². The van der Waals surface area contributed by atoms with Crippen molar-refractivity contribution in [2.24, 2.45) is 0 Å². The first-order chi connectivity index (χ1) is 15.1. The Labute approximate surface area is 182 Å². The van der Waals surface area contributed by atoms with Crippen molar-refractivity contribution in [1.29, 1.82) is 0 Å². The smallest absolute Gasteiger partial charge is 0.408 e. The zero-order valence-corrected chi connectivity index (χ0v) is 17.5. The summed E-state index contributed by atoms with van der Waals surface area (Å²) in [5.74, 6) is -1.02. The van der Waals surface area contributed by atoms with Gasteiger partial charge in [0.05, 0.1) is 13.2 Å². The molecule has 2 aromatic rings. The maximum atomic E-state index is 12.5. The van der Waals surface area contributed by atoms with Gasteiger partial charge >= 0.3 is 18.0 Å². The van der Waals surface area contributed by atoms with Gasteiger partial charge in [-0.05, 0) is 18.1 Å². The summed E-state index contributed by atoms with van der Waals surface area (Å²) in [6, 6.07) is 17.6. The van der Waals surface area contributed by atoms with Crippen LogP contribution in [-0.2, 0) is 36.8 Å². The lowest BCUT2D eigenvalue weighted by atomic mass is 10.1.